The fourth-order valence-corrected chi connectivity index (χ4v) is 2.43. The number of thioether (sulfide) groups is 1. The molecule has 0 aromatic carbocycles. The van der Waals surface area contributed by atoms with Crippen molar-refractivity contribution in [1.29, 1.82) is 0 Å². The third-order valence-corrected chi connectivity index (χ3v) is 3.53. The van der Waals surface area contributed by atoms with E-state index in [1.165, 1.54) is 0 Å². The molecule has 1 N–H and O–H groups in total. The van der Waals surface area contributed by atoms with Crippen LogP contribution in [0.1, 0.15) is 44.9 Å². The van der Waals surface area contributed by atoms with Crippen molar-refractivity contribution in [3.8, 4) is 0 Å². The number of nitrogens with zero attached hydrogens (tertiary/aromatic N) is 3. The Bertz CT molecular complexity index is 312. The van der Waals surface area contributed by atoms with Crippen molar-refractivity contribution in [2.24, 2.45) is 7.05 Å². The van der Waals surface area contributed by atoms with E-state index >= 15 is 0 Å². The smallest absolute Gasteiger partial charge is 0.190 e. The highest BCUT2D eigenvalue weighted by molar-refractivity contribution is 7.99. The number of aliphatic hydroxyl groups excluding tert-OH is 1. The molecule has 0 unspecified atom stereocenters. The summed E-state index contributed by atoms with van der Waals surface area (Å²) >= 11 is 1.74. The minimum absolute atomic E-state index is 0.298. The molecule has 0 aliphatic carbocycles. The second kappa shape index (κ2) is 6.91. The van der Waals surface area contributed by atoms with Crippen molar-refractivity contribution in [3.05, 3.63) is 5.82 Å². The van der Waals surface area contributed by atoms with Gasteiger partial charge in [0.2, 0.25) is 0 Å². The Morgan fingerprint density at radius 2 is 2.00 bits per heavy atom. The second-order valence-electron chi connectivity index (χ2n) is 4.19. The molecule has 4 nitrogen and oxygen atoms in total. The van der Waals surface area contributed by atoms with Gasteiger partial charge in [-0.25, -0.2) is 0 Å². The Morgan fingerprint density at radius 1 is 1.25 bits per heavy atom. The Kier molecular flexibility index (Phi) is 5.84. The van der Waals surface area contributed by atoms with Gasteiger partial charge in [-0.05, 0) is 12.8 Å². The molecule has 1 heterocycles. The fraction of sp³-hybridized carbons (Fsp3) is 0.818. The van der Waals surface area contributed by atoms with Gasteiger partial charge in [0, 0.05) is 25.3 Å². The van der Waals surface area contributed by atoms with Gasteiger partial charge in [-0.3, -0.25) is 0 Å². The van der Waals surface area contributed by atoms with Crippen LogP contribution in [0.25, 0.3) is 0 Å². The van der Waals surface area contributed by atoms with E-state index in [4.69, 9.17) is 5.11 Å². The van der Waals surface area contributed by atoms with Gasteiger partial charge in [0.25, 0.3) is 0 Å². The number of hydrogen-bond acceptors (Lipinski definition) is 4. The van der Waals surface area contributed by atoms with Gasteiger partial charge in [-0.15, -0.1) is 10.2 Å². The first-order valence-electron chi connectivity index (χ1n) is 5.79. The molecule has 0 saturated heterocycles. The first kappa shape index (κ1) is 13.5. The summed E-state index contributed by atoms with van der Waals surface area (Å²) in [5.74, 6) is 2.50. The summed E-state index contributed by atoms with van der Waals surface area (Å²) in [5.41, 5.74) is 0. The monoisotopic (exact) mass is 243 g/mol. The summed E-state index contributed by atoms with van der Waals surface area (Å²) in [5, 5.41) is 18.0. The van der Waals surface area contributed by atoms with Crippen LogP contribution in [0.15, 0.2) is 5.16 Å². The molecule has 0 aliphatic rings. The maximum absolute atomic E-state index is 8.66. The average molecular weight is 243 g/mol. The summed E-state index contributed by atoms with van der Waals surface area (Å²) in [7, 11) is 2.02. The van der Waals surface area contributed by atoms with Gasteiger partial charge in [0.05, 0.1) is 0 Å². The topological polar surface area (TPSA) is 50.9 Å². The number of hydrogen-bond donors (Lipinski definition) is 1. The van der Waals surface area contributed by atoms with Crippen molar-refractivity contribution in [1.82, 2.24) is 14.8 Å². The molecule has 1 aromatic heterocycles. The Labute approximate surface area is 101 Å². The molecule has 0 fully saturated rings. The molecule has 1 aromatic rings. The first-order chi connectivity index (χ1) is 7.66. The van der Waals surface area contributed by atoms with Crippen LogP contribution in [0.3, 0.4) is 0 Å². The van der Waals surface area contributed by atoms with Crippen molar-refractivity contribution in [2.45, 2.75) is 44.2 Å². The van der Waals surface area contributed by atoms with Crippen LogP contribution >= 0.6 is 11.8 Å². The normalized spacial score (nSPS) is 11.3. The van der Waals surface area contributed by atoms with Crippen molar-refractivity contribution in [3.63, 3.8) is 0 Å². The van der Waals surface area contributed by atoms with E-state index in [1.807, 2.05) is 7.05 Å². The summed E-state index contributed by atoms with van der Waals surface area (Å²) in [6.45, 7) is 4.55. The molecule has 0 amide bonds. The van der Waals surface area contributed by atoms with E-state index in [1.54, 1.807) is 11.8 Å². The van der Waals surface area contributed by atoms with Crippen LogP contribution in [0.2, 0.25) is 0 Å². The molecule has 92 valence electrons. The van der Waals surface area contributed by atoms with E-state index in [9.17, 15) is 0 Å². The van der Waals surface area contributed by atoms with E-state index in [0.717, 1.165) is 36.0 Å². The van der Waals surface area contributed by atoms with Crippen LogP contribution in [0.4, 0.5) is 0 Å². The molecule has 0 aliphatic heterocycles. The van der Waals surface area contributed by atoms with Crippen LogP contribution in [-0.2, 0) is 7.05 Å². The number of rotatable bonds is 7. The SMILES string of the molecule is CC(C)c1nnc(SCCCCCO)n1C. The van der Waals surface area contributed by atoms with E-state index in [-0.39, 0.29) is 0 Å². The average Bonchev–Trinajstić information content (AvgIpc) is 2.60. The zero-order valence-electron chi connectivity index (χ0n) is 10.3. The standard InChI is InChI=1S/C11H21N3OS/c1-9(2)10-12-13-11(14(10)3)16-8-6-4-5-7-15/h9,15H,4-8H2,1-3H3. The second-order valence-corrected chi connectivity index (χ2v) is 5.25. The largest absolute Gasteiger partial charge is 0.396 e. The molecule has 5 heteroatoms. The predicted molar refractivity (Wildman–Crippen MR) is 66.8 cm³/mol. The van der Waals surface area contributed by atoms with Crippen molar-refractivity contribution < 1.29 is 5.11 Å². The molecule has 0 saturated carbocycles. The van der Waals surface area contributed by atoms with Gasteiger partial charge in [0.1, 0.15) is 5.82 Å². The molecule has 0 atom stereocenters. The fourth-order valence-electron chi connectivity index (χ4n) is 1.51. The minimum Gasteiger partial charge on any atom is -0.396 e. The third-order valence-electron chi connectivity index (χ3n) is 2.42. The van der Waals surface area contributed by atoms with E-state index < -0.39 is 0 Å². The molecule has 0 radical (unpaired) electrons. The van der Waals surface area contributed by atoms with E-state index in [2.05, 4.69) is 28.6 Å². The Hall–Kier alpha value is -0.550. The molecule has 16 heavy (non-hydrogen) atoms. The Morgan fingerprint density at radius 3 is 2.56 bits per heavy atom. The van der Waals surface area contributed by atoms with Crippen molar-refractivity contribution in [2.75, 3.05) is 12.4 Å². The van der Waals surface area contributed by atoms with Crippen LogP contribution < -0.4 is 0 Å². The summed E-state index contributed by atoms with van der Waals surface area (Å²) in [4.78, 5) is 0. The van der Waals surface area contributed by atoms with Crippen LogP contribution in [-0.4, -0.2) is 32.2 Å². The lowest BCUT2D eigenvalue weighted by molar-refractivity contribution is 0.284. The maximum atomic E-state index is 8.66. The first-order valence-corrected chi connectivity index (χ1v) is 6.78. The molecular formula is C11H21N3OS. The predicted octanol–water partition coefficient (Wildman–Crippen LogP) is 2.19. The summed E-state index contributed by atoms with van der Waals surface area (Å²) in [6.07, 6.45) is 3.10. The molecule has 0 spiro atoms. The maximum Gasteiger partial charge on any atom is 0.190 e. The molecule has 0 bridgehead atoms. The highest BCUT2D eigenvalue weighted by atomic mass is 32.2. The van der Waals surface area contributed by atoms with Crippen LogP contribution in [0, 0.1) is 0 Å². The van der Waals surface area contributed by atoms with Gasteiger partial charge < -0.3 is 9.67 Å². The highest BCUT2D eigenvalue weighted by Crippen LogP contribution is 2.20. The number of unbranched alkanes of at least 4 members (excludes halogenated alkanes) is 2. The van der Waals surface area contributed by atoms with Crippen LogP contribution in [0.5, 0.6) is 0 Å². The van der Waals surface area contributed by atoms with Crippen molar-refractivity contribution >= 4 is 11.8 Å². The third kappa shape index (κ3) is 3.79. The quantitative estimate of drug-likeness (QED) is 0.589. The zero-order valence-corrected chi connectivity index (χ0v) is 11.1. The van der Waals surface area contributed by atoms with E-state index in [0.29, 0.717) is 12.5 Å². The zero-order chi connectivity index (χ0) is 12.0. The van der Waals surface area contributed by atoms with Gasteiger partial charge in [0.15, 0.2) is 5.16 Å². The molecule has 1 rings (SSSR count). The van der Waals surface area contributed by atoms with Gasteiger partial charge >= 0.3 is 0 Å². The summed E-state index contributed by atoms with van der Waals surface area (Å²) in [6, 6.07) is 0. The lowest BCUT2D eigenvalue weighted by Gasteiger charge is -2.05. The van der Waals surface area contributed by atoms with Gasteiger partial charge in [-0.1, -0.05) is 32.0 Å². The number of aliphatic hydroxyl groups is 1. The molecular weight excluding hydrogens is 222 g/mol. The Balaban J connectivity index is 2.37. The highest BCUT2D eigenvalue weighted by Gasteiger charge is 2.11. The summed E-state index contributed by atoms with van der Waals surface area (Å²) < 4.78 is 2.07. The number of aromatic nitrogens is 3. The lowest BCUT2D eigenvalue weighted by atomic mass is 10.2. The van der Waals surface area contributed by atoms with Gasteiger partial charge in [-0.2, -0.15) is 0 Å². The lowest BCUT2D eigenvalue weighted by Crippen LogP contribution is -2.01. The minimum atomic E-state index is 0.298.